The summed E-state index contributed by atoms with van der Waals surface area (Å²) in [4.78, 5) is 6.64. The number of halogens is 4. The number of aromatic nitrogens is 2. The van der Waals surface area contributed by atoms with Crippen LogP contribution in [0.3, 0.4) is 0 Å². The first-order valence-corrected chi connectivity index (χ1v) is 7.42. The average Bonchev–Trinajstić information content (AvgIpc) is 2.36. The van der Waals surface area contributed by atoms with Gasteiger partial charge in [-0.2, -0.15) is 24.9 Å². The van der Waals surface area contributed by atoms with E-state index in [0.717, 1.165) is 24.3 Å². The summed E-state index contributed by atoms with van der Waals surface area (Å²) in [6.07, 6.45) is -2.44. The van der Waals surface area contributed by atoms with Gasteiger partial charge < -0.3 is 5.32 Å². The van der Waals surface area contributed by atoms with Gasteiger partial charge in [-0.15, -0.1) is 0 Å². The lowest BCUT2D eigenvalue weighted by Gasteiger charge is -2.21. The number of nitrogens with zero attached hydrogens (tertiary/aromatic N) is 2. The topological polar surface area (TPSA) is 37.8 Å². The van der Waals surface area contributed by atoms with Crippen molar-refractivity contribution in [3.05, 3.63) is 17.0 Å². The van der Waals surface area contributed by atoms with Crippen LogP contribution in [-0.4, -0.2) is 28.0 Å². The third-order valence-electron chi connectivity index (χ3n) is 2.86. The molecule has 0 radical (unpaired) electrons. The van der Waals surface area contributed by atoms with Gasteiger partial charge in [0.25, 0.3) is 0 Å². The van der Waals surface area contributed by atoms with Crippen molar-refractivity contribution in [1.29, 1.82) is 0 Å². The maximum atomic E-state index is 12.5. The third kappa shape index (κ3) is 4.42. The van der Waals surface area contributed by atoms with Gasteiger partial charge in [0.2, 0.25) is 5.82 Å². The number of anilines is 1. The molecule has 0 atom stereocenters. The van der Waals surface area contributed by atoms with E-state index >= 15 is 0 Å². The molecule has 0 bridgehead atoms. The average molecular weight is 312 g/mol. The lowest BCUT2D eigenvalue weighted by Crippen LogP contribution is -2.20. The Hall–Kier alpha value is -0.690. The second-order valence-electron chi connectivity index (χ2n) is 4.33. The minimum atomic E-state index is -4.58. The third-order valence-corrected chi connectivity index (χ3v) is 4.10. The van der Waals surface area contributed by atoms with Gasteiger partial charge in [-0.3, -0.25) is 0 Å². The summed E-state index contributed by atoms with van der Waals surface area (Å²) >= 11 is 7.49. The lowest BCUT2D eigenvalue weighted by molar-refractivity contribution is -0.144. The van der Waals surface area contributed by atoms with Crippen LogP contribution in [0.5, 0.6) is 0 Å². The summed E-state index contributed by atoms with van der Waals surface area (Å²) in [5.41, 5.74) is 0. The Bertz CT molecular complexity index is 436. The van der Waals surface area contributed by atoms with Crippen molar-refractivity contribution in [2.75, 3.05) is 23.4 Å². The monoisotopic (exact) mass is 311 g/mol. The van der Waals surface area contributed by atoms with E-state index in [0.29, 0.717) is 12.5 Å². The van der Waals surface area contributed by atoms with Gasteiger partial charge in [-0.1, -0.05) is 11.6 Å². The molecule has 1 aliphatic rings. The Morgan fingerprint density at radius 3 is 2.63 bits per heavy atom. The number of thioether (sulfide) groups is 1. The summed E-state index contributed by atoms with van der Waals surface area (Å²) in [6.45, 7) is 0.616. The molecule has 2 rings (SSSR count). The molecule has 0 spiro atoms. The van der Waals surface area contributed by atoms with Crippen molar-refractivity contribution >= 4 is 29.2 Å². The second-order valence-corrected chi connectivity index (χ2v) is 5.95. The van der Waals surface area contributed by atoms with E-state index in [1.54, 1.807) is 0 Å². The summed E-state index contributed by atoms with van der Waals surface area (Å²) in [5.74, 6) is 1.60. The summed E-state index contributed by atoms with van der Waals surface area (Å²) in [5, 5.41) is 2.72. The fraction of sp³-hybridized carbons (Fsp3) is 0.636. The Labute approximate surface area is 118 Å². The van der Waals surface area contributed by atoms with E-state index in [1.165, 1.54) is 6.07 Å². The van der Waals surface area contributed by atoms with Crippen LogP contribution in [-0.2, 0) is 6.18 Å². The van der Waals surface area contributed by atoms with E-state index in [2.05, 4.69) is 15.3 Å². The number of hydrogen-bond donors (Lipinski definition) is 1. The molecule has 0 aliphatic carbocycles. The fourth-order valence-electron chi connectivity index (χ4n) is 1.83. The zero-order valence-electron chi connectivity index (χ0n) is 10.0. The molecular weight excluding hydrogens is 299 g/mol. The first-order valence-electron chi connectivity index (χ1n) is 5.88. The minimum absolute atomic E-state index is 0.130. The SMILES string of the molecule is FC(F)(F)c1nc(Cl)cc(NCC2CCSCC2)n1. The Morgan fingerprint density at radius 1 is 1.32 bits per heavy atom. The molecule has 2 heterocycles. The van der Waals surface area contributed by atoms with Crippen LogP contribution in [0.4, 0.5) is 19.0 Å². The molecule has 1 fully saturated rings. The van der Waals surface area contributed by atoms with Gasteiger partial charge in [-0.05, 0) is 30.3 Å². The number of nitrogens with one attached hydrogen (secondary N) is 1. The number of alkyl halides is 3. The quantitative estimate of drug-likeness (QED) is 0.864. The van der Waals surface area contributed by atoms with Crippen LogP contribution in [0.25, 0.3) is 0 Å². The predicted octanol–water partition coefficient (Wildman–Crippen LogP) is 3.70. The highest BCUT2D eigenvalue weighted by Gasteiger charge is 2.35. The van der Waals surface area contributed by atoms with Crippen LogP contribution in [0.15, 0.2) is 6.07 Å². The lowest BCUT2D eigenvalue weighted by atomic mass is 10.0. The van der Waals surface area contributed by atoms with Crippen molar-refractivity contribution in [3.63, 3.8) is 0 Å². The molecule has 1 aromatic heterocycles. The largest absolute Gasteiger partial charge is 0.451 e. The van der Waals surface area contributed by atoms with Crippen molar-refractivity contribution in [2.24, 2.45) is 5.92 Å². The van der Waals surface area contributed by atoms with Crippen molar-refractivity contribution in [1.82, 2.24) is 9.97 Å². The van der Waals surface area contributed by atoms with Crippen LogP contribution >= 0.6 is 23.4 Å². The van der Waals surface area contributed by atoms with Crippen LogP contribution < -0.4 is 5.32 Å². The van der Waals surface area contributed by atoms with E-state index in [4.69, 9.17) is 11.6 Å². The molecule has 0 saturated carbocycles. The van der Waals surface area contributed by atoms with Gasteiger partial charge in [0.15, 0.2) is 0 Å². The molecule has 0 aromatic carbocycles. The van der Waals surface area contributed by atoms with Crippen molar-refractivity contribution < 1.29 is 13.2 Å². The van der Waals surface area contributed by atoms with E-state index < -0.39 is 12.0 Å². The van der Waals surface area contributed by atoms with Crippen molar-refractivity contribution in [2.45, 2.75) is 19.0 Å². The van der Waals surface area contributed by atoms with E-state index in [9.17, 15) is 13.2 Å². The Balaban J connectivity index is 2.01. The first-order chi connectivity index (χ1) is 8.95. The molecule has 0 amide bonds. The van der Waals surface area contributed by atoms with Crippen molar-refractivity contribution in [3.8, 4) is 0 Å². The molecule has 1 aromatic rings. The maximum absolute atomic E-state index is 12.5. The highest BCUT2D eigenvalue weighted by atomic mass is 35.5. The zero-order valence-corrected chi connectivity index (χ0v) is 11.6. The number of hydrogen-bond acceptors (Lipinski definition) is 4. The molecule has 3 nitrogen and oxygen atoms in total. The smallest absolute Gasteiger partial charge is 0.370 e. The zero-order chi connectivity index (χ0) is 13.9. The normalized spacial score (nSPS) is 17.5. The van der Waals surface area contributed by atoms with Crippen LogP contribution in [0.1, 0.15) is 18.7 Å². The summed E-state index contributed by atoms with van der Waals surface area (Å²) in [6, 6.07) is 1.31. The first kappa shape index (κ1) is 14.7. The molecular formula is C11H13ClF3N3S. The van der Waals surface area contributed by atoms with E-state index in [-0.39, 0.29) is 11.0 Å². The molecule has 8 heteroatoms. The highest BCUT2D eigenvalue weighted by molar-refractivity contribution is 7.99. The second kappa shape index (κ2) is 6.17. The predicted molar refractivity (Wildman–Crippen MR) is 70.6 cm³/mol. The van der Waals surface area contributed by atoms with Gasteiger partial charge in [0.05, 0.1) is 0 Å². The highest BCUT2D eigenvalue weighted by Crippen LogP contribution is 2.28. The standard InChI is InChI=1S/C11H13ClF3N3S/c12-8-5-9(18-10(17-8)11(13,14)15)16-6-7-1-3-19-4-2-7/h5,7H,1-4,6H2,(H,16,17,18). The molecule has 1 saturated heterocycles. The summed E-state index contributed by atoms with van der Waals surface area (Å²) < 4.78 is 37.6. The minimum Gasteiger partial charge on any atom is -0.370 e. The maximum Gasteiger partial charge on any atom is 0.451 e. The molecule has 106 valence electrons. The Kier molecular flexibility index (Phi) is 4.78. The Morgan fingerprint density at radius 2 is 2.00 bits per heavy atom. The van der Waals surface area contributed by atoms with E-state index in [1.807, 2.05) is 11.8 Å². The molecule has 1 aliphatic heterocycles. The van der Waals surface area contributed by atoms with Gasteiger partial charge >= 0.3 is 6.18 Å². The van der Waals surface area contributed by atoms with Crippen LogP contribution in [0.2, 0.25) is 5.15 Å². The van der Waals surface area contributed by atoms with Crippen LogP contribution in [0, 0.1) is 5.92 Å². The molecule has 1 N–H and O–H groups in total. The fourth-order valence-corrected chi connectivity index (χ4v) is 3.22. The summed E-state index contributed by atoms with van der Waals surface area (Å²) in [7, 11) is 0. The molecule has 0 unspecified atom stereocenters. The van der Waals surface area contributed by atoms with Gasteiger partial charge in [-0.25, -0.2) is 9.97 Å². The van der Waals surface area contributed by atoms with Gasteiger partial charge in [0, 0.05) is 12.6 Å². The number of rotatable bonds is 3. The molecule has 19 heavy (non-hydrogen) atoms. The van der Waals surface area contributed by atoms with Gasteiger partial charge in [0.1, 0.15) is 11.0 Å².